The van der Waals surface area contributed by atoms with Crippen molar-refractivity contribution < 1.29 is 0 Å². The lowest BCUT2D eigenvalue weighted by molar-refractivity contribution is 0.218. The first-order chi connectivity index (χ1) is 9.56. The topological polar surface area (TPSA) is 29.0 Å². The second kappa shape index (κ2) is 5.79. The van der Waals surface area contributed by atoms with Crippen molar-refractivity contribution in [3.05, 3.63) is 21.4 Å². The average molecular weight is 328 g/mol. The van der Waals surface area contributed by atoms with Crippen LogP contribution in [0.5, 0.6) is 0 Å². The van der Waals surface area contributed by atoms with E-state index >= 15 is 0 Å². The van der Waals surface area contributed by atoms with Crippen LogP contribution in [0.1, 0.15) is 23.2 Å². The van der Waals surface area contributed by atoms with Crippen molar-refractivity contribution in [3.63, 3.8) is 0 Å². The number of hydrogen-bond donors (Lipinski definition) is 0. The number of thiophene rings is 1. The zero-order valence-electron chi connectivity index (χ0n) is 11.9. The molecule has 1 saturated heterocycles. The molecule has 0 radical (unpaired) electrons. The maximum atomic E-state index is 6.37. The lowest BCUT2D eigenvalue weighted by Gasteiger charge is -2.32. The minimum atomic E-state index is 0.582. The van der Waals surface area contributed by atoms with E-state index < -0.39 is 0 Å². The highest BCUT2D eigenvalue weighted by molar-refractivity contribution is 7.99. The van der Waals surface area contributed by atoms with E-state index in [0.29, 0.717) is 11.2 Å². The van der Waals surface area contributed by atoms with Crippen molar-refractivity contribution >= 4 is 44.9 Å². The summed E-state index contributed by atoms with van der Waals surface area (Å²) in [7, 11) is 0. The van der Waals surface area contributed by atoms with Crippen molar-refractivity contribution in [2.24, 2.45) is 0 Å². The fourth-order valence-corrected chi connectivity index (χ4v) is 5.01. The summed E-state index contributed by atoms with van der Waals surface area (Å²) in [6, 6.07) is 0.582. The van der Waals surface area contributed by atoms with E-state index in [-0.39, 0.29) is 0 Å². The average Bonchev–Trinajstić information content (AvgIpc) is 2.68. The third kappa shape index (κ3) is 2.69. The lowest BCUT2D eigenvalue weighted by Crippen LogP contribution is -2.40. The van der Waals surface area contributed by atoms with E-state index in [1.807, 2.05) is 11.8 Å². The van der Waals surface area contributed by atoms with E-state index in [9.17, 15) is 0 Å². The Hall–Kier alpha value is -0.360. The number of aryl methyl sites for hydroxylation is 2. The number of halogens is 1. The number of hydrogen-bond acceptors (Lipinski definition) is 5. The molecule has 108 valence electrons. The van der Waals surface area contributed by atoms with Crippen molar-refractivity contribution in [1.82, 2.24) is 14.9 Å². The van der Waals surface area contributed by atoms with Crippen LogP contribution in [-0.2, 0) is 6.54 Å². The van der Waals surface area contributed by atoms with Crippen LogP contribution in [-0.4, -0.2) is 39.0 Å². The summed E-state index contributed by atoms with van der Waals surface area (Å²) in [5.74, 6) is 3.23. The highest BCUT2D eigenvalue weighted by atomic mass is 35.5. The molecule has 6 heteroatoms. The summed E-state index contributed by atoms with van der Waals surface area (Å²) in [5.41, 5.74) is 1.21. The number of aromatic nitrogens is 2. The molecule has 20 heavy (non-hydrogen) atoms. The molecule has 3 heterocycles. The van der Waals surface area contributed by atoms with Crippen LogP contribution < -0.4 is 0 Å². The van der Waals surface area contributed by atoms with Crippen LogP contribution in [0, 0.1) is 13.8 Å². The second-order valence-electron chi connectivity index (χ2n) is 5.29. The summed E-state index contributed by atoms with van der Waals surface area (Å²) >= 11 is 10.1. The molecule has 1 aliphatic heterocycles. The van der Waals surface area contributed by atoms with Gasteiger partial charge in [0.2, 0.25) is 0 Å². The summed E-state index contributed by atoms with van der Waals surface area (Å²) in [4.78, 5) is 14.0. The predicted molar refractivity (Wildman–Crippen MR) is 89.1 cm³/mol. The van der Waals surface area contributed by atoms with E-state index in [2.05, 4.69) is 30.7 Å². The van der Waals surface area contributed by atoms with Crippen LogP contribution >= 0.6 is 34.7 Å². The predicted octanol–water partition coefficient (Wildman–Crippen LogP) is 3.90. The van der Waals surface area contributed by atoms with Gasteiger partial charge in [-0.25, -0.2) is 9.97 Å². The SMILES string of the molecule is Cc1sc2nc(CN3CCSCC3C)nc(Cl)c2c1C. The second-order valence-corrected chi connectivity index (χ2v) is 8.00. The van der Waals surface area contributed by atoms with Crippen LogP contribution in [0.2, 0.25) is 5.15 Å². The molecule has 1 unspecified atom stereocenters. The highest BCUT2D eigenvalue weighted by Crippen LogP contribution is 2.33. The van der Waals surface area contributed by atoms with Gasteiger partial charge in [0, 0.05) is 29.0 Å². The molecular formula is C14H18ClN3S2. The number of nitrogens with zero attached hydrogens (tertiary/aromatic N) is 3. The van der Waals surface area contributed by atoms with E-state index in [1.54, 1.807) is 11.3 Å². The molecule has 3 rings (SSSR count). The van der Waals surface area contributed by atoms with Crippen molar-refractivity contribution in [2.75, 3.05) is 18.1 Å². The Labute approximate surface area is 132 Å². The van der Waals surface area contributed by atoms with Gasteiger partial charge < -0.3 is 0 Å². The van der Waals surface area contributed by atoms with Gasteiger partial charge in [-0.2, -0.15) is 11.8 Å². The first kappa shape index (κ1) is 14.6. The van der Waals surface area contributed by atoms with Gasteiger partial charge in [0.25, 0.3) is 0 Å². The van der Waals surface area contributed by atoms with Gasteiger partial charge >= 0.3 is 0 Å². The van der Waals surface area contributed by atoms with Gasteiger partial charge in [0.05, 0.1) is 11.9 Å². The van der Waals surface area contributed by atoms with Gasteiger partial charge in [-0.3, -0.25) is 4.90 Å². The number of thioether (sulfide) groups is 1. The van der Waals surface area contributed by atoms with E-state index in [0.717, 1.165) is 29.1 Å². The standard InChI is InChI=1S/C14H18ClN3S2/c1-8-7-19-5-4-18(8)6-11-16-13(15)12-9(2)10(3)20-14(12)17-11/h8H,4-7H2,1-3H3. The van der Waals surface area contributed by atoms with E-state index in [4.69, 9.17) is 16.6 Å². The molecular weight excluding hydrogens is 310 g/mol. The molecule has 0 aliphatic carbocycles. The monoisotopic (exact) mass is 327 g/mol. The molecule has 1 aliphatic rings. The maximum Gasteiger partial charge on any atom is 0.145 e. The summed E-state index contributed by atoms with van der Waals surface area (Å²) in [6.45, 7) is 8.38. The fourth-order valence-electron chi connectivity index (χ4n) is 2.49. The Kier molecular flexibility index (Phi) is 4.22. The Morgan fingerprint density at radius 3 is 2.90 bits per heavy atom. The Balaban J connectivity index is 1.92. The minimum Gasteiger partial charge on any atom is -0.292 e. The lowest BCUT2D eigenvalue weighted by atomic mass is 10.2. The molecule has 0 aromatic carbocycles. The van der Waals surface area contributed by atoms with Crippen molar-refractivity contribution in [2.45, 2.75) is 33.4 Å². The van der Waals surface area contributed by atoms with Gasteiger partial charge in [-0.15, -0.1) is 11.3 Å². The van der Waals surface area contributed by atoms with E-state index in [1.165, 1.54) is 21.9 Å². The molecule has 0 amide bonds. The Morgan fingerprint density at radius 1 is 1.35 bits per heavy atom. The summed E-state index contributed by atoms with van der Waals surface area (Å²) in [5, 5.41) is 1.63. The number of fused-ring (bicyclic) bond motifs is 1. The zero-order chi connectivity index (χ0) is 14.3. The third-order valence-corrected chi connectivity index (χ3v) is 6.44. The molecule has 2 aromatic heterocycles. The smallest absolute Gasteiger partial charge is 0.145 e. The Morgan fingerprint density at radius 2 is 2.15 bits per heavy atom. The third-order valence-electron chi connectivity index (χ3n) is 3.88. The molecule has 0 bridgehead atoms. The van der Waals surface area contributed by atoms with Gasteiger partial charge in [-0.1, -0.05) is 11.6 Å². The molecule has 1 fully saturated rings. The maximum absolute atomic E-state index is 6.37. The number of rotatable bonds is 2. The molecule has 0 N–H and O–H groups in total. The van der Waals surface area contributed by atoms with Crippen LogP contribution in [0.15, 0.2) is 0 Å². The van der Waals surface area contributed by atoms with Crippen LogP contribution in [0.3, 0.4) is 0 Å². The zero-order valence-corrected chi connectivity index (χ0v) is 14.3. The van der Waals surface area contributed by atoms with Crippen LogP contribution in [0.4, 0.5) is 0 Å². The fraction of sp³-hybridized carbons (Fsp3) is 0.571. The van der Waals surface area contributed by atoms with Crippen LogP contribution in [0.25, 0.3) is 10.2 Å². The van der Waals surface area contributed by atoms with Gasteiger partial charge in [0.1, 0.15) is 15.8 Å². The molecule has 0 saturated carbocycles. The molecule has 1 atom stereocenters. The summed E-state index contributed by atoms with van der Waals surface area (Å²) < 4.78 is 0. The highest BCUT2D eigenvalue weighted by Gasteiger charge is 2.21. The molecule has 2 aromatic rings. The largest absolute Gasteiger partial charge is 0.292 e. The normalized spacial score (nSPS) is 20.7. The summed E-state index contributed by atoms with van der Waals surface area (Å²) in [6.07, 6.45) is 0. The molecule has 0 spiro atoms. The minimum absolute atomic E-state index is 0.582. The molecule has 3 nitrogen and oxygen atoms in total. The van der Waals surface area contributed by atoms with Gasteiger partial charge in [-0.05, 0) is 26.3 Å². The Bertz CT molecular complexity index is 641. The van der Waals surface area contributed by atoms with Crippen molar-refractivity contribution in [3.8, 4) is 0 Å². The first-order valence-corrected chi connectivity index (χ1v) is 9.15. The first-order valence-electron chi connectivity index (χ1n) is 6.80. The van der Waals surface area contributed by atoms with Crippen molar-refractivity contribution in [1.29, 1.82) is 0 Å². The quantitative estimate of drug-likeness (QED) is 0.782. The van der Waals surface area contributed by atoms with Gasteiger partial charge in [0.15, 0.2) is 0 Å².